The molecule has 100 valence electrons. The van der Waals surface area contributed by atoms with Gasteiger partial charge in [0.25, 0.3) is 0 Å². The maximum absolute atomic E-state index is 10.9. The van der Waals surface area contributed by atoms with Gasteiger partial charge in [0.1, 0.15) is 0 Å². The van der Waals surface area contributed by atoms with Gasteiger partial charge in [-0.3, -0.25) is 4.79 Å². The molecule has 0 saturated heterocycles. The van der Waals surface area contributed by atoms with Gasteiger partial charge in [0, 0.05) is 0 Å². The highest BCUT2D eigenvalue weighted by Crippen LogP contribution is 2.38. The molecule has 0 amide bonds. The van der Waals surface area contributed by atoms with Crippen molar-refractivity contribution >= 4 is 14.3 Å². The molecule has 0 radical (unpaired) electrons. The molecule has 3 nitrogen and oxygen atoms in total. The van der Waals surface area contributed by atoms with Gasteiger partial charge in [0.2, 0.25) is 0 Å². The summed E-state index contributed by atoms with van der Waals surface area (Å²) in [6.45, 7) is 16.4. The van der Waals surface area contributed by atoms with E-state index in [9.17, 15) is 4.79 Å². The predicted octanol–water partition coefficient (Wildman–Crippen LogP) is 3.67. The molecule has 0 aliphatic carbocycles. The first kappa shape index (κ1) is 16.4. The van der Waals surface area contributed by atoms with Crippen molar-refractivity contribution < 1.29 is 14.3 Å². The third kappa shape index (κ3) is 5.04. The van der Waals surface area contributed by atoms with Gasteiger partial charge < -0.3 is 9.53 Å². The Kier molecular flexibility index (Phi) is 5.61. The highest BCUT2D eigenvalue weighted by atomic mass is 28.4. The topological polar surface area (TPSA) is 46.5 Å². The van der Waals surface area contributed by atoms with E-state index >= 15 is 0 Å². The van der Waals surface area contributed by atoms with Crippen LogP contribution in [-0.4, -0.2) is 25.5 Å². The first-order chi connectivity index (χ1) is 7.51. The van der Waals surface area contributed by atoms with E-state index < -0.39 is 14.3 Å². The number of hydrogen-bond donors (Lipinski definition) is 1. The van der Waals surface area contributed by atoms with Crippen LogP contribution in [0.5, 0.6) is 0 Å². The fourth-order valence-electron chi connectivity index (χ4n) is 1.21. The Labute approximate surface area is 106 Å². The molecule has 0 aromatic rings. The van der Waals surface area contributed by atoms with Crippen LogP contribution >= 0.6 is 0 Å². The summed E-state index contributed by atoms with van der Waals surface area (Å²) in [5.41, 5.74) is 0. The quantitative estimate of drug-likeness (QED) is 0.584. The van der Waals surface area contributed by atoms with Crippen molar-refractivity contribution in [2.24, 2.45) is 5.92 Å². The molecular formula is C13H26O3Si. The zero-order valence-electron chi connectivity index (χ0n) is 11.9. The molecule has 0 spiro atoms. The summed E-state index contributed by atoms with van der Waals surface area (Å²) in [5, 5.41) is 9.02. The average molecular weight is 258 g/mol. The second-order valence-corrected chi connectivity index (χ2v) is 10.9. The van der Waals surface area contributed by atoms with Gasteiger partial charge >= 0.3 is 5.97 Å². The fraction of sp³-hybridized carbons (Fsp3) is 0.769. The monoisotopic (exact) mass is 258 g/mol. The first-order valence-electron chi connectivity index (χ1n) is 6.03. The van der Waals surface area contributed by atoms with Gasteiger partial charge in [-0.1, -0.05) is 33.8 Å². The number of carboxylic acids is 1. The van der Waals surface area contributed by atoms with Gasteiger partial charge in [0.15, 0.2) is 8.32 Å². The van der Waals surface area contributed by atoms with Gasteiger partial charge in [-0.2, -0.15) is 0 Å². The third-order valence-corrected chi connectivity index (χ3v) is 8.09. The van der Waals surface area contributed by atoms with Crippen LogP contribution in [0.3, 0.4) is 0 Å². The van der Waals surface area contributed by atoms with Crippen LogP contribution in [-0.2, 0) is 9.22 Å². The molecule has 0 aromatic heterocycles. The minimum atomic E-state index is -1.92. The van der Waals surface area contributed by atoms with Crippen LogP contribution in [0, 0.1) is 5.92 Å². The van der Waals surface area contributed by atoms with Gasteiger partial charge in [-0.25, -0.2) is 0 Å². The maximum Gasteiger partial charge on any atom is 0.305 e. The Hall–Kier alpha value is -0.613. The number of rotatable bonds is 6. The van der Waals surface area contributed by atoms with E-state index in [0.717, 1.165) is 0 Å². The molecule has 0 fully saturated rings. The normalized spacial score (nSPS) is 16.4. The zero-order valence-corrected chi connectivity index (χ0v) is 12.9. The van der Waals surface area contributed by atoms with E-state index in [1.165, 1.54) is 0 Å². The van der Waals surface area contributed by atoms with Crippen LogP contribution in [0.2, 0.25) is 18.1 Å². The lowest BCUT2D eigenvalue weighted by molar-refractivity contribution is -0.139. The number of carboxylic acid groups (broad SMARTS) is 1. The highest BCUT2D eigenvalue weighted by molar-refractivity contribution is 6.74. The van der Waals surface area contributed by atoms with Crippen molar-refractivity contribution in [3.05, 3.63) is 12.7 Å². The second-order valence-electron chi connectivity index (χ2n) is 6.11. The Balaban J connectivity index is 4.86. The van der Waals surface area contributed by atoms with E-state index in [1.54, 1.807) is 6.08 Å². The largest absolute Gasteiger partial charge is 0.481 e. The minimum absolute atomic E-state index is 0.0414. The SMILES string of the molecule is C=C[C@@H](C)[C@H](CC(=O)O)O[Si](C)(C)C(C)(C)C. The second kappa shape index (κ2) is 5.82. The lowest BCUT2D eigenvalue weighted by Crippen LogP contribution is -2.45. The number of hydrogen-bond acceptors (Lipinski definition) is 2. The van der Waals surface area contributed by atoms with Crippen molar-refractivity contribution in [3.63, 3.8) is 0 Å². The number of aliphatic carboxylic acids is 1. The van der Waals surface area contributed by atoms with Crippen molar-refractivity contribution in [3.8, 4) is 0 Å². The Bertz CT molecular complexity index is 279. The molecule has 0 aliphatic rings. The van der Waals surface area contributed by atoms with Crippen molar-refractivity contribution in [1.29, 1.82) is 0 Å². The summed E-state index contributed by atoms with van der Waals surface area (Å²) >= 11 is 0. The lowest BCUT2D eigenvalue weighted by atomic mass is 10.0. The molecule has 0 heterocycles. The van der Waals surface area contributed by atoms with Crippen LogP contribution in [0.15, 0.2) is 12.7 Å². The average Bonchev–Trinajstić information content (AvgIpc) is 2.12. The molecule has 0 saturated carbocycles. The lowest BCUT2D eigenvalue weighted by Gasteiger charge is -2.40. The van der Waals surface area contributed by atoms with E-state index in [-0.39, 0.29) is 23.5 Å². The van der Waals surface area contributed by atoms with Crippen LogP contribution in [0.25, 0.3) is 0 Å². The van der Waals surface area contributed by atoms with E-state index in [0.29, 0.717) is 0 Å². The van der Waals surface area contributed by atoms with Crippen LogP contribution in [0.4, 0.5) is 0 Å². The molecule has 17 heavy (non-hydrogen) atoms. The summed E-state index contributed by atoms with van der Waals surface area (Å²) in [7, 11) is -1.92. The molecule has 0 unspecified atom stereocenters. The van der Waals surface area contributed by atoms with E-state index in [2.05, 4.69) is 40.4 Å². The Morgan fingerprint density at radius 3 is 2.24 bits per heavy atom. The summed E-state index contributed by atoms with van der Waals surface area (Å²) in [5.74, 6) is -0.761. The summed E-state index contributed by atoms with van der Waals surface area (Å²) in [6.07, 6.45) is 1.53. The Morgan fingerprint density at radius 2 is 1.94 bits per heavy atom. The molecule has 2 atom stereocenters. The van der Waals surface area contributed by atoms with Crippen LogP contribution < -0.4 is 0 Å². The van der Waals surface area contributed by atoms with Crippen molar-refractivity contribution in [2.45, 2.75) is 58.4 Å². The van der Waals surface area contributed by atoms with E-state index in [1.807, 2.05) is 6.92 Å². The molecular weight excluding hydrogens is 232 g/mol. The van der Waals surface area contributed by atoms with Gasteiger partial charge in [0.05, 0.1) is 12.5 Å². The smallest absolute Gasteiger partial charge is 0.305 e. The predicted molar refractivity (Wildman–Crippen MR) is 73.7 cm³/mol. The van der Waals surface area contributed by atoms with E-state index in [4.69, 9.17) is 9.53 Å². The van der Waals surface area contributed by atoms with Crippen molar-refractivity contribution in [1.82, 2.24) is 0 Å². The number of carbonyl (C=O) groups is 1. The third-order valence-electron chi connectivity index (χ3n) is 3.59. The fourth-order valence-corrected chi connectivity index (χ4v) is 2.62. The molecule has 0 bridgehead atoms. The summed E-state index contributed by atoms with van der Waals surface area (Å²) in [6, 6.07) is 0. The van der Waals surface area contributed by atoms with Gasteiger partial charge in [-0.05, 0) is 24.1 Å². The van der Waals surface area contributed by atoms with Crippen LogP contribution in [0.1, 0.15) is 34.1 Å². The first-order valence-corrected chi connectivity index (χ1v) is 8.94. The molecule has 0 rings (SSSR count). The molecule has 1 N–H and O–H groups in total. The Morgan fingerprint density at radius 1 is 1.47 bits per heavy atom. The minimum Gasteiger partial charge on any atom is -0.481 e. The molecule has 4 heteroatoms. The maximum atomic E-state index is 10.9. The zero-order chi connectivity index (χ0) is 13.9. The molecule has 0 aliphatic heterocycles. The summed E-state index contributed by atoms with van der Waals surface area (Å²) < 4.78 is 6.15. The van der Waals surface area contributed by atoms with Gasteiger partial charge in [-0.15, -0.1) is 6.58 Å². The van der Waals surface area contributed by atoms with Crippen molar-refractivity contribution in [2.75, 3.05) is 0 Å². The highest BCUT2D eigenvalue weighted by Gasteiger charge is 2.40. The summed E-state index contributed by atoms with van der Waals surface area (Å²) in [4.78, 5) is 10.9. The molecule has 0 aromatic carbocycles. The standard InChI is InChI=1S/C13H26O3Si/c1-8-10(2)11(9-12(14)15)16-17(6,7)13(3,4)5/h8,10-11H,1,9H2,2-7H3,(H,14,15)/t10-,11+/m1/s1.